The molecule has 2 aromatic rings. The fourth-order valence-electron chi connectivity index (χ4n) is 3.69. The monoisotopic (exact) mass is 341 g/mol. The van der Waals surface area contributed by atoms with Crippen molar-refractivity contribution < 1.29 is 9.53 Å². The van der Waals surface area contributed by atoms with Crippen LogP contribution in [-0.4, -0.2) is 68.9 Å². The van der Waals surface area contributed by atoms with E-state index < -0.39 is 0 Å². The van der Waals surface area contributed by atoms with Gasteiger partial charge in [0.05, 0.1) is 18.8 Å². The highest BCUT2D eigenvalue weighted by molar-refractivity contribution is 5.76. The average Bonchev–Trinajstić information content (AvgIpc) is 3.30. The molecule has 0 radical (unpaired) electrons. The van der Waals surface area contributed by atoms with Gasteiger partial charge in [0, 0.05) is 63.9 Å². The Morgan fingerprint density at radius 2 is 2.24 bits per heavy atom. The molecule has 2 aliphatic rings. The first-order valence-electron chi connectivity index (χ1n) is 8.79. The number of fused-ring (bicyclic) bond motifs is 1. The van der Waals surface area contributed by atoms with Crippen molar-refractivity contribution in [3.05, 3.63) is 48.5 Å². The molecule has 2 aromatic heterocycles. The number of nitrogens with zero attached hydrogens (tertiary/aromatic N) is 5. The summed E-state index contributed by atoms with van der Waals surface area (Å²) in [5.74, 6) is 0.176. The van der Waals surface area contributed by atoms with Gasteiger partial charge < -0.3 is 9.64 Å². The zero-order valence-electron chi connectivity index (χ0n) is 14.2. The van der Waals surface area contributed by atoms with E-state index in [9.17, 15) is 4.79 Å². The SMILES string of the molecule is O=C(CCn1cccn1)N1C[C@@H]2OCCN(Cc3cccnc3)[C@H]2C1. The zero-order chi connectivity index (χ0) is 17.1. The van der Waals surface area contributed by atoms with E-state index in [1.807, 2.05) is 29.4 Å². The Balaban J connectivity index is 1.36. The second-order valence-corrected chi connectivity index (χ2v) is 6.63. The maximum absolute atomic E-state index is 12.5. The number of pyridine rings is 1. The molecule has 1 amide bonds. The van der Waals surface area contributed by atoms with Crippen LogP contribution in [0, 0.1) is 0 Å². The predicted octanol–water partition coefficient (Wildman–Crippen LogP) is 0.780. The third kappa shape index (κ3) is 3.72. The first-order valence-corrected chi connectivity index (χ1v) is 8.79. The van der Waals surface area contributed by atoms with Crippen molar-refractivity contribution in [3.8, 4) is 0 Å². The fraction of sp³-hybridized carbons (Fsp3) is 0.500. The second kappa shape index (κ2) is 7.33. The smallest absolute Gasteiger partial charge is 0.224 e. The van der Waals surface area contributed by atoms with E-state index in [1.54, 1.807) is 17.1 Å². The minimum atomic E-state index is 0.110. The van der Waals surface area contributed by atoms with Gasteiger partial charge in [0.15, 0.2) is 0 Å². The Morgan fingerprint density at radius 1 is 1.28 bits per heavy atom. The van der Waals surface area contributed by atoms with Gasteiger partial charge >= 0.3 is 0 Å². The number of hydrogen-bond donors (Lipinski definition) is 0. The van der Waals surface area contributed by atoms with Crippen LogP contribution in [0.2, 0.25) is 0 Å². The largest absolute Gasteiger partial charge is 0.373 e. The molecule has 7 heteroatoms. The summed E-state index contributed by atoms with van der Waals surface area (Å²) < 4.78 is 7.73. The van der Waals surface area contributed by atoms with Gasteiger partial charge in [0.1, 0.15) is 0 Å². The third-order valence-electron chi connectivity index (χ3n) is 4.99. The number of rotatable bonds is 5. The summed E-state index contributed by atoms with van der Waals surface area (Å²) in [7, 11) is 0. The minimum Gasteiger partial charge on any atom is -0.373 e. The number of carbonyl (C=O) groups is 1. The van der Waals surface area contributed by atoms with Crippen LogP contribution in [0.1, 0.15) is 12.0 Å². The number of aryl methyl sites for hydroxylation is 1. The van der Waals surface area contributed by atoms with Crippen molar-refractivity contribution in [2.75, 3.05) is 26.2 Å². The van der Waals surface area contributed by atoms with Crippen molar-refractivity contribution >= 4 is 5.91 Å². The molecule has 0 bridgehead atoms. The summed E-state index contributed by atoms with van der Waals surface area (Å²) in [6.07, 6.45) is 7.91. The Bertz CT molecular complexity index is 691. The Hall–Kier alpha value is -2.25. The summed E-state index contributed by atoms with van der Waals surface area (Å²) >= 11 is 0. The van der Waals surface area contributed by atoms with Gasteiger partial charge in [-0.1, -0.05) is 6.07 Å². The van der Waals surface area contributed by atoms with Crippen LogP contribution in [-0.2, 0) is 22.6 Å². The summed E-state index contributed by atoms with van der Waals surface area (Å²) in [5, 5.41) is 4.15. The van der Waals surface area contributed by atoms with Gasteiger partial charge in [-0.3, -0.25) is 19.4 Å². The topological polar surface area (TPSA) is 63.5 Å². The highest BCUT2D eigenvalue weighted by atomic mass is 16.5. The van der Waals surface area contributed by atoms with Crippen LogP contribution in [0.3, 0.4) is 0 Å². The highest BCUT2D eigenvalue weighted by Crippen LogP contribution is 2.25. The van der Waals surface area contributed by atoms with Crippen molar-refractivity contribution in [1.29, 1.82) is 0 Å². The molecule has 0 saturated carbocycles. The Kier molecular flexibility index (Phi) is 4.76. The second-order valence-electron chi connectivity index (χ2n) is 6.63. The van der Waals surface area contributed by atoms with E-state index in [1.165, 1.54) is 5.56 Å². The van der Waals surface area contributed by atoms with Crippen LogP contribution in [0.25, 0.3) is 0 Å². The maximum atomic E-state index is 12.5. The van der Waals surface area contributed by atoms with E-state index >= 15 is 0 Å². The number of likely N-dealkylation sites (tertiary alicyclic amines) is 1. The lowest BCUT2D eigenvalue weighted by Crippen LogP contribution is -2.50. The predicted molar refractivity (Wildman–Crippen MR) is 91.6 cm³/mol. The van der Waals surface area contributed by atoms with Gasteiger partial charge in [-0.05, 0) is 17.7 Å². The van der Waals surface area contributed by atoms with Gasteiger partial charge in [-0.25, -0.2) is 0 Å². The summed E-state index contributed by atoms with van der Waals surface area (Å²) in [5.41, 5.74) is 1.20. The molecule has 0 aliphatic carbocycles. The number of aromatic nitrogens is 3. The molecule has 4 heterocycles. The van der Waals surface area contributed by atoms with Crippen molar-refractivity contribution in [1.82, 2.24) is 24.6 Å². The molecule has 25 heavy (non-hydrogen) atoms. The zero-order valence-corrected chi connectivity index (χ0v) is 14.2. The van der Waals surface area contributed by atoms with Crippen LogP contribution < -0.4 is 0 Å². The van der Waals surface area contributed by atoms with Crippen LogP contribution in [0.5, 0.6) is 0 Å². The van der Waals surface area contributed by atoms with Gasteiger partial charge in [-0.15, -0.1) is 0 Å². The average molecular weight is 341 g/mol. The first kappa shape index (κ1) is 16.2. The number of carbonyl (C=O) groups excluding carboxylic acids is 1. The third-order valence-corrected chi connectivity index (χ3v) is 4.99. The minimum absolute atomic E-state index is 0.110. The van der Waals surface area contributed by atoms with E-state index in [4.69, 9.17) is 4.74 Å². The first-order chi connectivity index (χ1) is 12.3. The molecule has 7 nitrogen and oxygen atoms in total. The summed E-state index contributed by atoms with van der Waals surface area (Å²) in [6, 6.07) is 6.20. The van der Waals surface area contributed by atoms with E-state index in [2.05, 4.69) is 21.0 Å². The molecule has 2 fully saturated rings. The van der Waals surface area contributed by atoms with Crippen molar-refractivity contribution in [3.63, 3.8) is 0 Å². The fourth-order valence-corrected chi connectivity index (χ4v) is 3.69. The lowest BCUT2D eigenvalue weighted by atomic mass is 10.1. The van der Waals surface area contributed by atoms with E-state index in [0.29, 0.717) is 19.5 Å². The van der Waals surface area contributed by atoms with Gasteiger partial charge in [0.25, 0.3) is 0 Å². The van der Waals surface area contributed by atoms with Crippen LogP contribution >= 0.6 is 0 Å². The molecule has 2 saturated heterocycles. The molecular weight excluding hydrogens is 318 g/mol. The normalized spacial score (nSPS) is 23.6. The standard InChI is InChI=1S/C18H23N5O2/c24-18(4-8-23-7-2-6-20-23)22-13-16-17(14-22)25-10-9-21(16)12-15-3-1-5-19-11-15/h1-3,5-7,11,16-17H,4,8-10,12-14H2/t16-,17-/m0/s1. The van der Waals surface area contributed by atoms with Gasteiger partial charge in [0.2, 0.25) is 5.91 Å². The molecule has 132 valence electrons. The summed E-state index contributed by atoms with van der Waals surface area (Å²) in [4.78, 5) is 21.1. The van der Waals surface area contributed by atoms with Crippen molar-refractivity contribution in [2.45, 2.75) is 31.7 Å². The molecule has 0 unspecified atom stereocenters. The number of hydrogen-bond acceptors (Lipinski definition) is 5. The lowest BCUT2D eigenvalue weighted by Gasteiger charge is -2.36. The number of amides is 1. The molecule has 0 aromatic carbocycles. The highest BCUT2D eigenvalue weighted by Gasteiger charge is 2.41. The van der Waals surface area contributed by atoms with Gasteiger partial charge in [-0.2, -0.15) is 5.10 Å². The Morgan fingerprint density at radius 3 is 3.04 bits per heavy atom. The number of ether oxygens (including phenoxy) is 1. The molecule has 0 N–H and O–H groups in total. The van der Waals surface area contributed by atoms with Crippen molar-refractivity contribution in [2.24, 2.45) is 0 Å². The van der Waals surface area contributed by atoms with Crippen LogP contribution in [0.15, 0.2) is 43.0 Å². The molecule has 2 atom stereocenters. The Labute approximate surface area is 147 Å². The number of morpholine rings is 1. The maximum Gasteiger partial charge on any atom is 0.224 e. The quantitative estimate of drug-likeness (QED) is 0.804. The molecule has 0 spiro atoms. The van der Waals surface area contributed by atoms with E-state index in [-0.39, 0.29) is 18.1 Å². The van der Waals surface area contributed by atoms with Crippen LogP contribution in [0.4, 0.5) is 0 Å². The molecular formula is C18H23N5O2. The van der Waals surface area contributed by atoms with E-state index in [0.717, 1.165) is 26.2 Å². The molecule has 2 aliphatic heterocycles. The molecule has 4 rings (SSSR count). The summed E-state index contributed by atoms with van der Waals surface area (Å²) in [6.45, 7) is 4.52. The lowest BCUT2D eigenvalue weighted by molar-refractivity contribution is -0.130.